The molecule has 2 aromatic rings. The van der Waals surface area contributed by atoms with Gasteiger partial charge in [0.05, 0.1) is 0 Å². The lowest BCUT2D eigenvalue weighted by atomic mass is 10.1. The lowest BCUT2D eigenvalue weighted by molar-refractivity contribution is 0.803. The van der Waals surface area contributed by atoms with E-state index in [1.807, 2.05) is 24.3 Å². The predicted octanol–water partition coefficient (Wildman–Crippen LogP) is 4.84. The number of nitrogens with one attached hydrogen (secondary N) is 1. The molecule has 0 aliphatic carbocycles. The minimum atomic E-state index is 0.361. The highest BCUT2D eigenvalue weighted by atomic mass is 35.5. The summed E-state index contributed by atoms with van der Waals surface area (Å²) < 4.78 is 0. The summed E-state index contributed by atoms with van der Waals surface area (Å²) in [5.41, 5.74) is 1.16. The number of hydrogen-bond donors (Lipinski definition) is 1. The van der Waals surface area contributed by atoms with E-state index in [4.69, 9.17) is 11.6 Å². The van der Waals surface area contributed by atoms with Crippen molar-refractivity contribution in [3.05, 3.63) is 41.2 Å². The summed E-state index contributed by atoms with van der Waals surface area (Å²) in [7, 11) is 0. The Bertz CT molecular complexity index is 570. The van der Waals surface area contributed by atoms with Crippen LogP contribution < -0.4 is 5.32 Å². The molecule has 0 saturated carbocycles. The lowest BCUT2D eigenvalue weighted by Crippen LogP contribution is -2.07. The van der Waals surface area contributed by atoms with Crippen LogP contribution in [-0.4, -0.2) is 16.5 Å². The fraction of sp³-hybridized carbons (Fsp3) is 0.333. The second-order valence-corrected chi connectivity index (χ2v) is 6.18. The maximum atomic E-state index is 5.92. The second-order valence-electron chi connectivity index (χ2n) is 4.68. The van der Waals surface area contributed by atoms with Gasteiger partial charge in [0.25, 0.3) is 0 Å². The van der Waals surface area contributed by atoms with Gasteiger partial charge in [-0.25, -0.2) is 9.97 Å². The van der Waals surface area contributed by atoms with Crippen LogP contribution in [-0.2, 0) is 0 Å². The molecule has 2 rings (SSSR count). The number of benzene rings is 1. The fourth-order valence-corrected chi connectivity index (χ4v) is 3.07. The highest BCUT2D eigenvalue weighted by molar-refractivity contribution is 7.99. The number of hydrogen-bond acceptors (Lipinski definition) is 4. The van der Waals surface area contributed by atoms with E-state index in [2.05, 4.69) is 36.1 Å². The van der Waals surface area contributed by atoms with E-state index in [1.165, 1.54) is 0 Å². The molecule has 0 unspecified atom stereocenters. The van der Waals surface area contributed by atoms with Gasteiger partial charge in [-0.3, -0.25) is 0 Å². The van der Waals surface area contributed by atoms with Gasteiger partial charge in [0.2, 0.25) is 0 Å². The van der Waals surface area contributed by atoms with Crippen LogP contribution in [0.2, 0.25) is 5.02 Å². The minimum Gasteiger partial charge on any atom is -0.370 e. The van der Waals surface area contributed by atoms with Crippen LogP contribution >= 0.6 is 23.4 Å². The molecular formula is C15H18ClN3S. The molecule has 106 valence electrons. The fourth-order valence-electron chi connectivity index (χ4n) is 1.90. The van der Waals surface area contributed by atoms with Crippen molar-refractivity contribution in [3.8, 4) is 0 Å². The number of anilines is 1. The Morgan fingerprint density at radius 3 is 2.50 bits per heavy atom. The van der Waals surface area contributed by atoms with Gasteiger partial charge < -0.3 is 5.32 Å². The van der Waals surface area contributed by atoms with E-state index in [1.54, 1.807) is 18.1 Å². The van der Waals surface area contributed by atoms with Crippen molar-refractivity contribution in [2.45, 2.75) is 36.6 Å². The SMILES string of the molecule is CCNc1ncnc(Sc2ccc(Cl)cc2)c1C(C)C. The average molecular weight is 308 g/mol. The third kappa shape index (κ3) is 3.64. The van der Waals surface area contributed by atoms with Crippen molar-refractivity contribution >= 4 is 29.2 Å². The highest BCUT2D eigenvalue weighted by Gasteiger charge is 2.15. The van der Waals surface area contributed by atoms with E-state index in [-0.39, 0.29) is 0 Å². The maximum Gasteiger partial charge on any atom is 0.133 e. The van der Waals surface area contributed by atoms with Crippen LogP contribution in [0.1, 0.15) is 32.3 Å². The van der Waals surface area contributed by atoms with Crippen LogP contribution in [0, 0.1) is 0 Å². The Morgan fingerprint density at radius 1 is 1.20 bits per heavy atom. The van der Waals surface area contributed by atoms with Gasteiger partial charge in [-0.15, -0.1) is 0 Å². The molecule has 3 nitrogen and oxygen atoms in total. The van der Waals surface area contributed by atoms with Gasteiger partial charge in [0, 0.05) is 22.0 Å². The number of aromatic nitrogens is 2. The average Bonchev–Trinajstić information content (AvgIpc) is 2.41. The third-order valence-corrected chi connectivity index (χ3v) is 4.08. The Morgan fingerprint density at radius 2 is 1.90 bits per heavy atom. The normalized spacial score (nSPS) is 10.8. The van der Waals surface area contributed by atoms with E-state index < -0.39 is 0 Å². The molecule has 0 bridgehead atoms. The zero-order valence-electron chi connectivity index (χ0n) is 11.9. The van der Waals surface area contributed by atoms with Crippen molar-refractivity contribution in [3.63, 3.8) is 0 Å². The van der Waals surface area contributed by atoms with Crippen LogP contribution in [0.5, 0.6) is 0 Å². The molecule has 0 radical (unpaired) electrons. The van der Waals surface area contributed by atoms with Crippen LogP contribution in [0.25, 0.3) is 0 Å². The summed E-state index contributed by atoms with van der Waals surface area (Å²) in [6.45, 7) is 7.23. The molecule has 1 aromatic carbocycles. The first-order valence-electron chi connectivity index (χ1n) is 6.64. The van der Waals surface area contributed by atoms with Crippen molar-refractivity contribution in [2.75, 3.05) is 11.9 Å². The quantitative estimate of drug-likeness (QED) is 0.802. The van der Waals surface area contributed by atoms with Crippen LogP contribution in [0.4, 0.5) is 5.82 Å². The molecule has 1 N–H and O–H groups in total. The molecule has 0 aliphatic rings. The highest BCUT2D eigenvalue weighted by Crippen LogP contribution is 2.35. The van der Waals surface area contributed by atoms with Crippen molar-refractivity contribution in [1.29, 1.82) is 0 Å². The summed E-state index contributed by atoms with van der Waals surface area (Å²) in [6.07, 6.45) is 1.61. The molecule has 0 atom stereocenters. The van der Waals surface area contributed by atoms with Crippen LogP contribution in [0.15, 0.2) is 40.5 Å². The number of halogens is 1. The first-order chi connectivity index (χ1) is 9.61. The zero-order chi connectivity index (χ0) is 14.5. The maximum absolute atomic E-state index is 5.92. The molecule has 5 heteroatoms. The molecule has 0 spiro atoms. The Balaban J connectivity index is 2.35. The first-order valence-corrected chi connectivity index (χ1v) is 7.83. The van der Waals surface area contributed by atoms with Crippen molar-refractivity contribution < 1.29 is 0 Å². The first kappa shape index (κ1) is 15.1. The van der Waals surface area contributed by atoms with Gasteiger partial charge in [0.1, 0.15) is 17.2 Å². The van der Waals surface area contributed by atoms with E-state index in [0.717, 1.165) is 32.9 Å². The minimum absolute atomic E-state index is 0.361. The largest absolute Gasteiger partial charge is 0.370 e. The smallest absolute Gasteiger partial charge is 0.133 e. The monoisotopic (exact) mass is 307 g/mol. The summed E-state index contributed by atoms with van der Waals surface area (Å²) in [6, 6.07) is 7.80. The predicted molar refractivity (Wildman–Crippen MR) is 85.9 cm³/mol. The molecule has 0 fully saturated rings. The topological polar surface area (TPSA) is 37.8 Å². The van der Waals surface area contributed by atoms with E-state index in [0.29, 0.717) is 5.92 Å². The molecule has 20 heavy (non-hydrogen) atoms. The van der Waals surface area contributed by atoms with Gasteiger partial charge in [-0.1, -0.05) is 37.2 Å². The van der Waals surface area contributed by atoms with Gasteiger partial charge >= 0.3 is 0 Å². The third-order valence-electron chi connectivity index (χ3n) is 2.80. The standard InChI is InChI=1S/C15H18ClN3S/c1-4-17-14-13(10(2)3)15(19-9-18-14)20-12-7-5-11(16)6-8-12/h5-10H,4H2,1-3H3,(H,17,18,19). The molecule has 1 aromatic heterocycles. The molecule has 0 amide bonds. The Labute approximate surface area is 129 Å². The number of rotatable bonds is 5. The van der Waals surface area contributed by atoms with E-state index >= 15 is 0 Å². The molecule has 0 saturated heterocycles. The second kappa shape index (κ2) is 6.95. The Kier molecular flexibility index (Phi) is 5.26. The Hall–Kier alpha value is -1.26. The number of nitrogens with zero attached hydrogens (tertiary/aromatic N) is 2. The lowest BCUT2D eigenvalue weighted by Gasteiger charge is -2.16. The van der Waals surface area contributed by atoms with Gasteiger partial charge in [0.15, 0.2) is 0 Å². The summed E-state index contributed by atoms with van der Waals surface area (Å²) in [5, 5.41) is 5.05. The van der Waals surface area contributed by atoms with Crippen molar-refractivity contribution in [2.24, 2.45) is 0 Å². The van der Waals surface area contributed by atoms with Crippen molar-refractivity contribution in [1.82, 2.24) is 9.97 Å². The summed E-state index contributed by atoms with van der Waals surface area (Å²) in [5.74, 6) is 1.29. The van der Waals surface area contributed by atoms with Crippen LogP contribution in [0.3, 0.4) is 0 Å². The molecule has 0 aliphatic heterocycles. The summed E-state index contributed by atoms with van der Waals surface area (Å²) >= 11 is 7.56. The molecular weight excluding hydrogens is 290 g/mol. The van der Waals surface area contributed by atoms with E-state index in [9.17, 15) is 0 Å². The zero-order valence-corrected chi connectivity index (χ0v) is 13.4. The van der Waals surface area contributed by atoms with Gasteiger partial charge in [-0.05, 0) is 37.1 Å². The van der Waals surface area contributed by atoms with Gasteiger partial charge in [-0.2, -0.15) is 0 Å². The molecule has 1 heterocycles. The summed E-state index contributed by atoms with van der Waals surface area (Å²) in [4.78, 5) is 9.91.